The van der Waals surface area contributed by atoms with Crippen LogP contribution in [0.15, 0.2) is 15.4 Å². The molecule has 0 aromatic heterocycles. The summed E-state index contributed by atoms with van der Waals surface area (Å²) in [6.45, 7) is 0.340. The number of carboxylic acid groups (broad SMARTS) is 1. The quantitative estimate of drug-likeness (QED) is 0.578. The summed E-state index contributed by atoms with van der Waals surface area (Å²) in [5.41, 5.74) is 0.516. The highest BCUT2D eigenvalue weighted by atomic mass is 16.4. The van der Waals surface area contributed by atoms with Crippen LogP contribution in [0.3, 0.4) is 0 Å². The topological polar surface area (TPSA) is 74.4 Å². The Bertz CT molecular complexity index is 184. The van der Waals surface area contributed by atoms with Crippen LogP contribution < -0.4 is 0 Å². The van der Waals surface area contributed by atoms with Gasteiger partial charge in [-0.2, -0.15) is 5.11 Å². The summed E-state index contributed by atoms with van der Waals surface area (Å²) in [6.07, 6.45) is -0.0486. The molecule has 0 aliphatic carbocycles. The maximum Gasteiger partial charge on any atom is 0.309 e. The summed E-state index contributed by atoms with van der Waals surface area (Å²) in [6, 6.07) is 0. The minimum absolute atomic E-state index is 0.0486. The van der Waals surface area contributed by atoms with Crippen molar-refractivity contribution in [3.8, 4) is 0 Å². The number of hydrogen-bond acceptors (Lipinski definition) is 4. The van der Waals surface area contributed by atoms with E-state index < -0.39 is 5.97 Å². The maximum atomic E-state index is 9.99. The standard InChI is InChI=1S/C4H5N3O2/c8-4(9)1-3-2-5-7-6-3/h1-2H2,(H,8,9). The highest BCUT2D eigenvalue weighted by Crippen LogP contribution is 1.97. The van der Waals surface area contributed by atoms with Crippen molar-refractivity contribution in [1.82, 2.24) is 0 Å². The minimum atomic E-state index is -0.888. The summed E-state index contributed by atoms with van der Waals surface area (Å²) in [4.78, 5) is 9.99. The second-order valence-corrected chi connectivity index (χ2v) is 1.63. The van der Waals surface area contributed by atoms with Crippen molar-refractivity contribution >= 4 is 11.7 Å². The largest absolute Gasteiger partial charge is 0.481 e. The van der Waals surface area contributed by atoms with Crippen molar-refractivity contribution < 1.29 is 9.90 Å². The summed E-state index contributed by atoms with van der Waals surface area (Å²) in [5, 5.41) is 18.4. The Kier molecular flexibility index (Phi) is 1.53. The van der Waals surface area contributed by atoms with Gasteiger partial charge in [-0.15, -0.1) is 5.10 Å². The molecule has 1 aliphatic rings. The Labute approximate surface area is 51.1 Å². The predicted octanol–water partition coefficient (Wildman–Crippen LogP) is 0.283. The molecule has 0 atom stereocenters. The third-order valence-corrected chi connectivity index (χ3v) is 0.858. The van der Waals surface area contributed by atoms with Gasteiger partial charge in [-0.25, -0.2) is 0 Å². The molecule has 48 valence electrons. The lowest BCUT2D eigenvalue weighted by atomic mass is 10.3. The molecule has 1 heterocycles. The van der Waals surface area contributed by atoms with Crippen LogP contribution in [-0.4, -0.2) is 23.3 Å². The van der Waals surface area contributed by atoms with E-state index in [0.29, 0.717) is 12.3 Å². The first-order valence-electron chi connectivity index (χ1n) is 2.43. The maximum absolute atomic E-state index is 9.99. The number of hydrogen-bond donors (Lipinski definition) is 1. The van der Waals surface area contributed by atoms with Crippen LogP contribution in [0.4, 0.5) is 0 Å². The van der Waals surface area contributed by atoms with Crippen molar-refractivity contribution in [2.45, 2.75) is 6.42 Å². The fourth-order valence-corrected chi connectivity index (χ4v) is 0.506. The first kappa shape index (κ1) is 5.87. The van der Waals surface area contributed by atoms with Gasteiger partial charge in [0.05, 0.1) is 12.1 Å². The van der Waals surface area contributed by atoms with Crippen molar-refractivity contribution in [3.05, 3.63) is 0 Å². The predicted molar refractivity (Wildman–Crippen MR) is 29.4 cm³/mol. The highest BCUT2D eigenvalue weighted by molar-refractivity contribution is 5.99. The Hall–Kier alpha value is -1.26. The molecule has 0 fully saturated rings. The third-order valence-electron chi connectivity index (χ3n) is 0.858. The van der Waals surface area contributed by atoms with E-state index in [9.17, 15) is 4.79 Å². The number of nitrogens with zero attached hydrogens (tertiary/aromatic N) is 3. The first-order chi connectivity index (χ1) is 4.29. The van der Waals surface area contributed by atoms with Gasteiger partial charge in [-0.3, -0.25) is 4.79 Å². The van der Waals surface area contributed by atoms with Gasteiger partial charge in [0, 0.05) is 0 Å². The molecule has 1 aliphatic heterocycles. The van der Waals surface area contributed by atoms with Gasteiger partial charge in [0.25, 0.3) is 0 Å². The Morgan fingerprint density at radius 3 is 3.00 bits per heavy atom. The molecule has 0 amide bonds. The first-order valence-corrected chi connectivity index (χ1v) is 2.43. The van der Waals surface area contributed by atoms with E-state index in [1.54, 1.807) is 0 Å². The molecular weight excluding hydrogens is 122 g/mol. The molecule has 0 spiro atoms. The van der Waals surface area contributed by atoms with Crippen LogP contribution in [-0.2, 0) is 4.79 Å². The summed E-state index contributed by atoms with van der Waals surface area (Å²) in [7, 11) is 0. The molecule has 9 heavy (non-hydrogen) atoms. The van der Waals surface area contributed by atoms with Gasteiger partial charge in [-0.05, 0) is 5.22 Å². The van der Waals surface area contributed by atoms with Crippen molar-refractivity contribution in [1.29, 1.82) is 0 Å². The van der Waals surface area contributed by atoms with E-state index in [0.717, 1.165) is 0 Å². The molecule has 5 nitrogen and oxygen atoms in total. The van der Waals surface area contributed by atoms with Gasteiger partial charge in [0.15, 0.2) is 0 Å². The Morgan fingerprint density at radius 2 is 2.56 bits per heavy atom. The van der Waals surface area contributed by atoms with Crippen molar-refractivity contribution in [3.63, 3.8) is 0 Å². The van der Waals surface area contributed by atoms with Crippen LogP contribution in [0.1, 0.15) is 6.42 Å². The molecule has 0 bridgehead atoms. The summed E-state index contributed by atoms with van der Waals surface area (Å²) >= 11 is 0. The van der Waals surface area contributed by atoms with Crippen LogP contribution >= 0.6 is 0 Å². The summed E-state index contributed by atoms with van der Waals surface area (Å²) < 4.78 is 0. The molecule has 0 saturated heterocycles. The van der Waals surface area contributed by atoms with Gasteiger partial charge in [0.2, 0.25) is 0 Å². The fraction of sp³-hybridized carbons (Fsp3) is 0.500. The second-order valence-electron chi connectivity index (χ2n) is 1.63. The monoisotopic (exact) mass is 127 g/mol. The smallest absolute Gasteiger partial charge is 0.309 e. The van der Waals surface area contributed by atoms with E-state index in [4.69, 9.17) is 5.11 Å². The Morgan fingerprint density at radius 1 is 1.78 bits per heavy atom. The van der Waals surface area contributed by atoms with Gasteiger partial charge >= 0.3 is 5.97 Å². The van der Waals surface area contributed by atoms with Crippen LogP contribution in [0.5, 0.6) is 0 Å². The molecule has 0 unspecified atom stereocenters. The zero-order valence-electron chi connectivity index (χ0n) is 4.61. The molecule has 0 saturated carbocycles. The Balaban J connectivity index is 2.39. The number of carboxylic acids is 1. The van der Waals surface area contributed by atoms with Crippen molar-refractivity contribution in [2.75, 3.05) is 6.54 Å². The lowest BCUT2D eigenvalue weighted by Crippen LogP contribution is -2.06. The van der Waals surface area contributed by atoms with E-state index in [-0.39, 0.29) is 6.42 Å². The zero-order valence-corrected chi connectivity index (χ0v) is 4.61. The van der Waals surface area contributed by atoms with Crippen LogP contribution in [0.2, 0.25) is 0 Å². The molecule has 0 aromatic rings. The third kappa shape index (κ3) is 1.60. The molecular formula is C4H5N3O2. The van der Waals surface area contributed by atoms with Crippen molar-refractivity contribution in [2.24, 2.45) is 15.4 Å². The summed E-state index contributed by atoms with van der Waals surface area (Å²) in [5.74, 6) is -0.888. The lowest BCUT2D eigenvalue weighted by molar-refractivity contribution is -0.135. The second kappa shape index (κ2) is 2.34. The number of aliphatic carboxylic acids is 1. The number of carbonyl (C=O) groups is 1. The minimum Gasteiger partial charge on any atom is -0.481 e. The number of rotatable bonds is 2. The molecule has 0 radical (unpaired) electrons. The fourth-order valence-electron chi connectivity index (χ4n) is 0.506. The van der Waals surface area contributed by atoms with E-state index in [1.165, 1.54) is 0 Å². The van der Waals surface area contributed by atoms with Crippen LogP contribution in [0, 0.1) is 0 Å². The lowest BCUT2D eigenvalue weighted by Gasteiger charge is -1.87. The van der Waals surface area contributed by atoms with Gasteiger partial charge < -0.3 is 5.11 Å². The normalized spacial score (nSPS) is 15.8. The van der Waals surface area contributed by atoms with Gasteiger partial charge in [-0.1, -0.05) is 0 Å². The highest BCUT2D eigenvalue weighted by Gasteiger charge is 2.07. The molecule has 5 heteroatoms. The van der Waals surface area contributed by atoms with E-state index in [1.807, 2.05) is 0 Å². The van der Waals surface area contributed by atoms with Gasteiger partial charge in [0.1, 0.15) is 6.54 Å². The molecule has 1 rings (SSSR count). The molecule has 0 aromatic carbocycles. The zero-order chi connectivity index (χ0) is 6.69. The van der Waals surface area contributed by atoms with Crippen LogP contribution in [0.25, 0.3) is 0 Å². The molecule has 1 N–H and O–H groups in total. The average Bonchev–Trinajstić information content (AvgIpc) is 2.15. The van der Waals surface area contributed by atoms with E-state index in [2.05, 4.69) is 15.4 Å². The SMILES string of the molecule is O=C(O)CC1=NN=NC1. The van der Waals surface area contributed by atoms with E-state index >= 15 is 0 Å². The average molecular weight is 127 g/mol.